The summed E-state index contributed by atoms with van der Waals surface area (Å²) in [5, 5.41) is 7.00. The van der Waals surface area contributed by atoms with E-state index in [1.54, 1.807) is 0 Å². The van der Waals surface area contributed by atoms with Crippen LogP contribution in [0.15, 0.2) is 42.7 Å². The predicted octanol–water partition coefficient (Wildman–Crippen LogP) is 3.61. The van der Waals surface area contributed by atoms with Gasteiger partial charge in [0.15, 0.2) is 0 Å². The van der Waals surface area contributed by atoms with Crippen LogP contribution in [0.1, 0.15) is 38.2 Å². The van der Waals surface area contributed by atoms with Gasteiger partial charge in [0.1, 0.15) is 11.5 Å². The number of nitrogens with one attached hydrogen (secondary N) is 2. The van der Waals surface area contributed by atoms with Gasteiger partial charge in [0.05, 0.1) is 17.6 Å². The fourth-order valence-electron chi connectivity index (χ4n) is 3.84. The molecule has 3 aromatic rings. The monoisotopic (exact) mass is 347 g/mol. The highest BCUT2D eigenvalue weighted by Crippen LogP contribution is 2.47. The van der Waals surface area contributed by atoms with Crippen LogP contribution in [-0.4, -0.2) is 33.5 Å². The minimum absolute atomic E-state index is 0.349. The van der Waals surface area contributed by atoms with E-state index in [0.717, 1.165) is 48.8 Å². The lowest BCUT2D eigenvalue weighted by Crippen LogP contribution is -2.35. The van der Waals surface area contributed by atoms with E-state index in [9.17, 15) is 0 Å². The molecule has 1 aliphatic carbocycles. The Morgan fingerprint density at radius 3 is 2.81 bits per heavy atom. The molecule has 0 aromatic carbocycles. The number of fused-ring (bicyclic) bond motifs is 1. The van der Waals surface area contributed by atoms with Gasteiger partial charge in [-0.05, 0) is 68.0 Å². The topological polar surface area (TPSA) is 54.2 Å². The Morgan fingerprint density at radius 2 is 2.00 bits per heavy atom. The van der Waals surface area contributed by atoms with Crippen LogP contribution in [0.4, 0.5) is 5.82 Å². The van der Waals surface area contributed by atoms with Gasteiger partial charge in [0, 0.05) is 12.2 Å². The molecule has 0 radical (unpaired) electrons. The Bertz CT molecular complexity index is 934. The van der Waals surface area contributed by atoms with E-state index < -0.39 is 0 Å². The largest absolute Gasteiger partial charge is 0.367 e. The summed E-state index contributed by atoms with van der Waals surface area (Å²) in [6, 6.07) is 11.1. The van der Waals surface area contributed by atoms with E-state index in [1.165, 1.54) is 18.4 Å². The molecule has 0 atom stereocenters. The van der Waals surface area contributed by atoms with E-state index in [1.807, 2.05) is 6.20 Å². The van der Waals surface area contributed by atoms with Crippen molar-refractivity contribution < 1.29 is 0 Å². The van der Waals surface area contributed by atoms with Gasteiger partial charge in [-0.15, -0.1) is 0 Å². The molecule has 5 rings (SSSR count). The van der Waals surface area contributed by atoms with E-state index >= 15 is 0 Å². The van der Waals surface area contributed by atoms with Crippen molar-refractivity contribution in [2.75, 3.05) is 18.4 Å². The molecule has 4 heterocycles. The number of hydrogen-bond donors (Lipinski definition) is 2. The molecule has 5 heteroatoms. The van der Waals surface area contributed by atoms with Gasteiger partial charge in [-0.25, -0.2) is 9.97 Å². The molecule has 1 aliphatic heterocycles. The molecule has 1 saturated carbocycles. The van der Waals surface area contributed by atoms with Crippen LogP contribution in [0.3, 0.4) is 0 Å². The summed E-state index contributed by atoms with van der Waals surface area (Å²) in [6.07, 6.45) is 9.02. The Hall–Kier alpha value is -2.40. The van der Waals surface area contributed by atoms with Gasteiger partial charge >= 0.3 is 0 Å². The van der Waals surface area contributed by atoms with Crippen molar-refractivity contribution in [3.05, 3.63) is 48.3 Å². The van der Waals surface area contributed by atoms with Crippen LogP contribution in [0, 0.1) is 0 Å². The van der Waals surface area contributed by atoms with E-state index in [2.05, 4.69) is 63.5 Å². The number of pyridine rings is 2. The van der Waals surface area contributed by atoms with Crippen LogP contribution >= 0.6 is 0 Å². The number of anilines is 1. The second-order valence-corrected chi connectivity index (χ2v) is 7.93. The highest BCUT2D eigenvalue weighted by atomic mass is 15.1. The van der Waals surface area contributed by atoms with Crippen molar-refractivity contribution >= 4 is 11.5 Å². The van der Waals surface area contributed by atoms with Crippen LogP contribution < -0.4 is 10.6 Å². The van der Waals surface area contributed by atoms with Crippen molar-refractivity contribution in [3.8, 4) is 11.4 Å². The lowest BCUT2D eigenvalue weighted by atomic mass is 10.0. The van der Waals surface area contributed by atoms with Gasteiger partial charge in [-0.1, -0.05) is 19.1 Å². The third-order valence-corrected chi connectivity index (χ3v) is 5.91. The number of piperidine rings is 1. The first kappa shape index (κ1) is 15.8. The number of nitrogens with zero attached hydrogens (tertiary/aromatic N) is 3. The quantitative estimate of drug-likeness (QED) is 0.757. The van der Waals surface area contributed by atoms with Gasteiger partial charge in [0.25, 0.3) is 0 Å². The minimum atomic E-state index is 0.349. The molecule has 134 valence electrons. The summed E-state index contributed by atoms with van der Waals surface area (Å²) < 4.78 is 2.19. The average molecular weight is 347 g/mol. The van der Waals surface area contributed by atoms with Crippen molar-refractivity contribution in [2.45, 2.75) is 44.1 Å². The molecule has 2 N–H and O–H groups in total. The summed E-state index contributed by atoms with van der Waals surface area (Å²) in [6.45, 7) is 4.49. The maximum atomic E-state index is 4.87. The molecule has 0 spiro atoms. The smallest absolute Gasteiger partial charge is 0.137 e. The number of hydrogen-bond acceptors (Lipinski definition) is 4. The molecule has 2 aliphatic rings. The summed E-state index contributed by atoms with van der Waals surface area (Å²) in [4.78, 5) is 9.45. The third kappa shape index (κ3) is 2.86. The summed E-state index contributed by atoms with van der Waals surface area (Å²) in [5.41, 5.74) is 4.75. The molecule has 0 bridgehead atoms. The zero-order valence-corrected chi connectivity index (χ0v) is 15.2. The lowest BCUT2D eigenvalue weighted by molar-refractivity contribution is 0.478. The van der Waals surface area contributed by atoms with E-state index in [0.29, 0.717) is 11.5 Å². The first-order chi connectivity index (χ1) is 12.7. The maximum absolute atomic E-state index is 4.87. The third-order valence-electron chi connectivity index (χ3n) is 5.91. The van der Waals surface area contributed by atoms with Gasteiger partial charge < -0.3 is 10.6 Å². The van der Waals surface area contributed by atoms with Crippen molar-refractivity contribution in [3.63, 3.8) is 0 Å². The molecule has 3 aromatic heterocycles. The van der Waals surface area contributed by atoms with Gasteiger partial charge in [-0.3, -0.25) is 4.40 Å². The summed E-state index contributed by atoms with van der Waals surface area (Å²) >= 11 is 0. The minimum Gasteiger partial charge on any atom is -0.367 e. The zero-order valence-electron chi connectivity index (χ0n) is 15.2. The molecule has 26 heavy (non-hydrogen) atoms. The van der Waals surface area contributed by atoms with Crippen molar-refractivity contribution in [1.82, 2.24) is 19.7 Å². The Labute approximate surface area is 153 Å². The first-order valence-corrected chi connectivity index (χ1v) is 9.64. The first-order valence-electron chi connectivity index (χ1n) is 9.64. The maximum Gasteiger partial charge on any atom is 0.137 e. The van der Waals surface area contributed by atoms with Crippen LogP contribution in [0.5, 0.6) is 0 Å². The van der Waals surface area contributed by atoms with E-state index in [4.69, 9.17) is 4.98 Å². The second-order valence-electron chi connectivity index (χ2n) is 7.93. The molecule has 1 saturated heterocycles. The SMILES string of the molecule is CC1(c2ccc3ncc(-c4cccc(NC5CCNCC5)n4)n3c2)CC1. The molecular weight excluding hydrogens is 322 g/mol. The van der Waals surface area contributed by atoms with Crippen LogP contribution in [-0.2, 0) is 5.41 Å². The molecule has 0 amide bonds. The fraction of sp³-hybridized carbons (Fsp3) is 0.429. The number of rotatable bonds is 4. The van der Waals surface area contributed by atoms with Crippen LogP contribution in [0.2, 0.25) is 0 Å². The number of imidazole rings is 1. The summed E-state index contributed by atoms with van der Waals surface area (Å²) in [5.74, 6) is 0.953. The van der Waals surface area contributed by atoms with Gasteiger partial charge in [-0.2, -0.15) is 0 Å². The van der Waals surface area contributed by atoms with E-state index in [-0.39, 0.29) is 0 Å². The Balaban J connectivity index is 1.48. The number of aromatic nitrogens is 3. The van der Waals surface area contributed by atoms with Gasteiger partial charge in [0.2, 0.25) is 0 Å². The Kier molecular flexibility index (Phi) is 3.71. The standard InChI is InChI=1S/C21H25N5/c1-21(9-10-21)15-5-6-20-23-13-18(26(20)14-15)17-3-2-4-19(25-17)24-16-7-11-22-12-8-16/h2-6,13-14,16,22H,7-12H2,1H3,(H,24,25). The second kappa shape index (κ2) is 6.09. The molecule has 2 fully saturated rings. The zero-order chi connectivity index (χ0) is 17.6. The predicted molar refractivity (Wildman–Crippen MR) is 105 cm³/mol. The van der Waals surface area contributed by atoms with Crippen molar-refractivity contribution in [2.24, 2.45) is 0 Å². The Morgan fingerprint density at radius 1 is 1.15 bits per heavy atom. The highest BCUT2D eigenvalue weighted by molar-refractivity contribution is 5.62. The normalized spacial score (nSPS) is 19.6. The molecular formula is C21H25N5. The van der Waals surface area contributed by atoms with Crippen molar-refractivity contribution in [1.29, 1.82) is 0 Å². The average Bonchev–Trinajstić information content (AvgIpc) is 3.28. The van der Waals surface area contributed by atoms with Crippen LogP contribution in [0.25, 0.3) is 17.0 Å². The lowest BCUT2D eigenvalue weighted by Gasteiger charge is -2.24. The fourth-order valence-corrected chi connectivity index (χ4v) is 3.84. The summed E-state index contributed by atoms with van der Waals surface area (Å²) in [7, 11) is 0. The molecule has 0 unspecified atom stereocenters. The molecule has 5 nitrogen and oxygen atoms in total. The highest BCUT2D eigenvalue weighted by Gasteiger charge is 2.39.